The number of H-pyrrole nitrogens is 1. The molecule has 5 heterocycles. The SMILES string of the molecule is O=c1[nH]c(N2CC3CCNC3C2)ccc1-n1ccc(OCc2ccc(Cl)cn2)cc1=O. The van der Waals surface area contributed by atoms with Crippen LogP contribution in [-0.2, 0) is 6.61 Å². The summed E-state index contributed by atoms with van der Waals surface area (Å²) >= 11 is 5.83. The van der Waals surface area contributed by atoms with Crippen LogP contribution in [0.4, 0.5) is 5.82 Å². The first kappa shape index (κ1) is 19.8. The van der Waals surface area contributed by atoms with Crippen molar-refractivity contribution < 1.29 is 4.74 Å². The summed E-state index contributed by atoms with van der Waals surface area (Å²) < 4.78 is 6.95. The molecule has 160 valence electrons. The highest BCUT2D eigenvalue weighted by atomic mass is 35.5. The lowest BCUT2D eigenvalue weighted by Crippen LogP contribution is -2.31. The van der Waals surface area contributed by atoms with Gasteiger partial charge >= 0.3 is 0 Å². The monoisotopic (exact) mass is 439 g/mol. The Morgan fingerprint density at radius 2 is 2.06 bits per heavy atom. The molecule has 31 heavy (non-hydrogen) atoms. The lowest BCUT2D eigenvalue weighted by atomic mass is 10.1. The molecule has 2 unspecified atom stereocenters. The van der Waals surface area contributed by atoms with Crippen LogP contribution in [0.3, 0.4) is 0 Å². The predicted molar refractivity (Wildman–Crippen MR) is 118 cm³/mol. The maximum absolute atomic E-state index is 12.7. The van der Waals surface area contributed by atoms with Gasteiger partial charge in [0.15, 0.2) is 0 Å². The van der Waals surface area contributed by atoms with Crippen LogP contribution in [0, 0.1) is 5.92 Å². The maximum Gasteiger partial charge on any atom is 0.273 e. The van der Waals surface area contributed by atoms with Crippen LogP contribution in [0.15, 0.2) is 58.4 Å². The van der Waals surface area contributed by atoms with Crippen molar-refractivity contribution in [3.8, 4) is 11.4 Å². The van der Waals surface area contributed by atoms with Gasteiger partial charge in [-0.2, -0.15) is 0 Å². The normalized spacial score (nSPS) is 20.1. The fourth-order valence-corrected chi connectivity index (χ4v) is 4.39. The molecule has 2 aliphatic rings. The third-order valence-corrected chi connectivity index (χ3v) is 6.13. The largest absolute Gasteiger partial charge is 0.487 e. The van der Waals surface area contributed by atoms with E-state index < -0.39 is 0 Å². The Morgan fingerprint density at radius 1 is 1.16 bits per heavy atom. The zero-order valence-corrected chi connectivity index (χ0v) is 17.5. The molecule has 0 saturated carbocycles. The molecular formula is C22H22ClN5O3. The van der Waals surface area contributed by atoms with Crippen LogP contribution in [0.2, 0.25) is 5.02 Å². The van der Waals surface area contributed by atoms with E-state index in [9.17, 15) is 9.59 Å². The van der Waals surface area contributed by atoms with Gasteiger partial charge in [-0.25, -0.2) is 0 Å². The van der Waals surface area contributed by atoms with E-state index in [0.29, 0.717) is 28.4 Å². The highest BCUT2D eigenvalue weighted by molar-refractivity contribution is 6.30. The molecule has 8 nitrogen and oxygen atoms in total. The van der Waals surface area contributed by atoms with Crippen LogP contribution in [0.1, 0.15) is 12.1 Å². The highest BCUT2D eigenvalue weighted by Gasteiger charge is 2.36. The van der Waals surface area contributed by atoms with Crippen molar-refractivity contribution >= 4 is 17.4 Å². The van der Waals surface area contributed by atoms with Gasteiger partial charge in [0.05, 0.1) is 10.7 Å². The number of nitrogens with zero attached hydrogens (tertiary/aromatic N) is 3. The molecule has 0 bridgehead atoms. The van der Waals surface area contributed by atoms with E-state index in [1.807, 2.05) is 6.07 Å². The second-order valence-electron chi connectivity index (χ2n) is 7.90. The molecule has 2 N–H and O–H groups in total. The molecule has 2 saturated heterocycles. The van der Waals surface area contributed by atoms with Crippen molar-refractivity contribution in [3.05, 3.63) is 80.2 Å². The van der Waals surface area contributed by atoms with Gasteiger partial charge in [0.2, 0.25) is 0 Å². The van der Waals surface area contributed by atoms with E-state index in [1.54, 1.807) is 36.7 Å². The van der Waals surface area contributed by atoms with Gasteiger partial charge in [0, 0.05) is 37.6 Å². The van der Waals surface area contributed by atoms with Gasteiger partial charge in [-0.05, 0) is 49.2 Å². The van der Waals surface area contributed by atoms with Crippen LogP contribution >= 0.6 is 11.6 Å². The third-order valence-electron chi connectivity index (χ3n) is 5.90. The van der Waals surface area contributed by atoms with E-state index >= 15 is 0 Å². The minimum absolute atomic E-state index is 0.211. The number of nitrogens with one attached hydrogen (secondary N) is 2. The molecule has 9 heteroatoms. The molecule has 0 aliphatic carbocycles. The fourth-order valence-electron chi connectivity index (χ4n) is 4.27. The molecule has 3 aromatic heterocycles. The van der Waals surface area contributed by atoms with Crippen LogP contribution in [0.5, 0.6) is 5.75 Å². The first-order valence-corrected chi connectivity index (χ1v) is 10.6. The zero-order valence-electron chi connectivity index (χ0n) is 16.8. The van der Waals surface area contributed by atoms with E-state index in [2.05, 4.69) is 20.2 Å². The van der Waals surface area contributed by atoms with Gasteiger partial charge in [-0.15, -0.1) is 0 Å². The lowest BCUT2D eigenvalue weighted by Gasteiger charge is -2.19. The zero-order chi connectivity index (χ0) is 21.4. The Labute approximate surface area is 183 Å². The molecule has 0 aromatic carbocycles. The van der Waals surface area contributed by atoms with E-state index in [-0.39, 0.29) is 23.4 Å². The molecule has 0 radical (unpaired) electrons. The van der Waals surface area contributed by atoms with Crippen LogP contribution in [-0.4, -0.2) is 40.2 Å². The molecule has 2 atom stereocenters. The fraction of sp³-hybridized carbons (Fsp3) is 0.318. The lowest BCUT2D eigenvalue weighted by molar-refractivity contribution is 0.300. The first-order chi connectivity index (χ1) is 15.1. The quantitative estimate of drug-likeness (QED) is 0.631. The number of fused-ring (bicyclic) bond motifs is 1. The summed E-state index contributed by atoms with van der Waals surface area (Å²) in [7, 11) is 0. The second kappa shape index (κ2) is 8.20. The minimum Gasteiger partial charge on any atom is -0.487 e. The molecule has 5 rings (SSSR count). The van der Waals surface area contributed by atoms with Gasteiger partial charge < -0.3 is 19.9 Å². The third kappa shape index (κ3) is 4.08. The molecular weight excluding hydrogens is 418 g/mol. The van der Waals surface area contributed by atoms with E-state index in [1.165, 1.54) is 17.1 Å². The Morgan fingerprint density at radius 3 is 2.81 bits per heavy atom. The number of anilines is 1. The van der Waals surface area contributed by atoms with Crippen molar-refractivity contribution in [2.24, 2.45) is 5.92 Å². The summed E-state index contributed by atoms with van der Waals surface area (Å²) in [5.74, 6) is 1.82. The Hall–Kier alpha value is -3.10. The van der Waals surface area contributed by atoms with Gasteiger partial charge in [-0.3, -0.25) is 19.1 Å². The summed E-state index contributed by atoms with van der Waals surface area (Å²) in [6, 6.07) is 10.5. The van der Waals surface area contributed by atoms with Crippen molar-refractivity contribution in [1.29, 1.82) is 0 Å². The minimum atomic E-state index is -0.347. The Bertz CT molecular complexity index is 1190. The molecule has 2 fully saturated rings. The highest BCUT2D eigenvalue weighted by Crippen LogP contribution is 2.27. The number of ether oxygens (including phenoxy) is 1. The molecule has 0 spiro atoms. The summed E-state index contributed by atoms with van der Waals surface area (Å²) in [6.45, 7) is 3.09. The Kier molecular flexibility index (Phi) is 5.25. The van der Waals surface area contributed by atoms with Gasteiger partial charge in [0.1, 0.15) is 23.9 Å². The molecule has 3 aromatic rings. The maximum atomic E-state index is 12.7. The molecule has 2 aliphatic heterocycles. The topological polar surface area (TPSA) is 92.2 Å². The predicted octanol–water partition coefficient (Wildman–Crippen LogP) is 1.95. The van der Waals surface area contributed by atoms with Crippen LogP contribution < -0.4 is 26.1 Å². The smallest absolute Gasteiger partial charge is 0.273 e. The number of pyridine rings is 3. The average molecular weight is 440 g/mol. The second-order valence-corrected chi connectivity index (χ2v) is 8.34. The summed E-state index contributed by atoms with van der Waals surface area (Å²) in [6.07, 6.45) is 4.25. The van der Waals surface area contributed by atoms with Crippen molar-refractivity contribution in [3.63, 3.8) is 0 Å². The first-order valence-electron chi connectivity index (χ1n) is 10.2. The van der Waals surface area contributed by atoms with Crippen molar-refractivity contribution in [1.82, 2.24) is 19.9 Å². The van der Waals surface area contributed by atoms with Crippen molar-refractivity contribution in [2.75, 3.05) is 24.5 Å². The number of rotatable bonds is 5. The summed E-state index contributed by atoms with van der Waals surface area (Å²) in [5, 5.41) is 4.05. The average Bonchev–Trinajstić information content (AvgIpc) is 3.36. The standard InChI is InChI=1S/C22H22ClN5O3/c23-15-1-2-16(25-10-15)13-31-17-6-8-28(21(29)9-17)19-3-4-20(26-22(19)30)27-11-14-5-7-24-18(14)12-27/h1-4,6,8-10,14,18,24H,5,7,11-13H2,(H,26,30). The molecule has 0 amide bonds. The Balaban J connectivity index is 1.31. The van der Waals surface area contributed by atoms with Crippen molar-refractivity contribution in [2.45, 2.75) is 19.1 Å². The number of halogens is 1. The number of hydrogen-bond donors (Lipinski definition) is 2. The van der Waals surface area contributed by atoms with E-state index in [4.69, 9.17) is 16.3 Å². The number of aromatic nitrogens is 3. The van der Waals surface area contributed by atoms with Gasteiger partial charge in [0.25, 0.3) is 11.1 Å². The number of hydrogen-bond acceptors (Lipinski definition) is 6. The van der Waals surface area contributed by atoms with Gasteiger partial charge in [-0.1, -0.05) is 11.6 Å². The summed E-state index contributed by atoms with van der Waals surface area (Å²) in [5.41, 5.74) is 0.322. The number of aromatic amines is 1. The van der Waals surface area contributed by atoms with E-state index in [0.717, 1.165) is 25.5 Å². The summed E-state index contributed by atoms with van der Waals surface area (Å²) in [4.78, 5) is 34.6. The van der Waals surface area contributed by atoms with Crippen LogP contribution in [0.25, 0.3) is 5.69 Å².